The smallest absolute Gasteiger partial charge is 0.328 e. The van der Waals surface area contributed by atoms with Crippen molar-refractivity contribution in [2.45, 2.75) is 25.6 Å². The van der Waals surface area contributed by atoms with Crippen molar-refractivity contribution < 1.29 is 13.2 Å². The van der Waals surface area contributed by atoms with Gasteiger partial charge in [-0.1, -0.05) is 0 Å². The molecule has 2 rings (SSSR count). The van der Waals surface area contributed by atoms with Gasteiger partial charge in [-0.05, 0) is 19.1 Å². The second-order valence-corrected chi connectivity index (χ2v) is 4.06. The lowest BCUT2D eigenvalue weighted by Gasteiger charge is -2.06. The van der Waals surface area contributed by atoms with Crippen LogP contribution in [-0.4, -0.2) is 15.4 Å². The molecule has 0 fully saturated rings. The van der Waals surface area contributed by atoms with Gasteiger partial charge in [-0.15, -0.1) is 0 Å². The molecule has 6 heteroatoms. The van der Waals surface area contributed by atoms with Crippen LogP contribution in [0.2, 0.25) is 0 Å². The predicted molar refractivity (Wildman–Crippen MR) is 57.5 cm³/mol. The van der Waals surface area contributed by atoms with Crippen LogP contribution in [0.3, 0.4) is 0 Å². The van der Waals surface area contributed by atoms with Gasteiger partial charge in [0.1, 0.15) is 5.65 Å². The molecule has 3 nitrogen and oxygen atoms in total. The fraction of sp³-hybridized carbons (Fsp3) is 0.364. The molecule has 1 unspecified atom stereocenters. The summed E-state index contributed by atoms with van der Waals surface area (Å²) in [6.07, 6.45) is -0.811. The van der Waals surface area contributed by atoms with E-state index in [1.165, 1.54) is 10.5 Å². The fourth-order valence-corrected chi connectivity index (χ4v) is 1.71. The summed E-state index contributed by atoms with van der Waals surface area (Å²) in [5.41, 5.74) is 5.37. The van der Waals surface area contributed by atoms with Crippen molar-refractivity contribution in [3.05, 3.63) is 35.8 Å². The lowest BCUT2D eigenvalue weighted by atomic mass is 10.2. The van der Waals surface area contributed by atoms with Gasteiger partial charge in [0.25, 0.3) is 0 Å². The molecule has 0 aliphatic rings. The van der Waals surface area contributed by atoms with Crippen molar-refractivity contribution in [1.29, 1.82) is 0 Å². The van der Waals surface area contributed by atoms with Crippen LogP contribution in [0.5, 0.6) is 0 Å². The van der Waals surface area contributed by atoms with Crippen molar-refractivity contribution in [2.24, 2.45) is 5.73 Å². The molecular weight excluding hydrogens is 231 g/mol. The zero-order valence-corrected chi connectivity index (χ0v) is 9.20. The van der Waals surface area contributed by atoms with Crippen LogP contribution in [0.25, 0.3) is 5.65 Å². The summed E-state index contributed by atoms with van der Waals surface area (Å²) in [4.78, 5) is 3.98. The van der Waals surface area contributed by atoms with E-state index < -0.39 is 11.7 Å². The predicted octanol–water partition coefficient (Wildman–Crippen LogP) is 2.24. The Morgan fingerprint density at radius 1 is 1.47 bits per heavy atom. The number of rotatable bonds is 2. The normalized spacial score (nSPS) is 14.2. The third kappa shape index (κ3) is 2.41. The number of hydrogen-bond donors (Lipinski definition) is 1. The van der Waals surface area contributed by atoms with E-state index in [4.69, 9.17) is 5.73 Å². The lowest BCUT2D eigenvalue weighted by molar-refractivity contribution is -0.136. The van der Waals surface area contributed by atoms with Gasteiger partial charge in [0.05, 0.1) is 11.3 Å². The van der Waals surface area contributed by atoms with E-state index in [1.807, 2.05) is 0 Å². The molecular formula is C11H12F3N3. The molecule has 0 saturated heterocycles. The molecule has 2 aromatic rings. The molecule has 0 bridgehead atoms. The summed E-state index contributed by atoms with van der Waals surface area (Å²) in [5.74, 6) is 0. The van der Waals surface area contributed by atoms with Gasteiger partial charge < -0.3 is 10.1 Å². The van der Waals surface area contributed by atoms with E-state index in [0.29, 0.717) is 12.1 Å². The van der Waals surface area contributed by atoms with Crippen LogP contribution in [0.4, 0.5) is 13.2 Å². The highest BCUT2D eigenvalue weighted by molar-refractivity contribution is 5.50. The van der Waals surface area contributed by atoms with Crippen molar-refractivity contribution in [3.63, 3.8) is 0 Å². The van der Waals surface area contributed by atoms with E-state index in [-0.39, 0.29) is 11.7 Å². The van der Waals surface area contributed by atoms with E-state index in [2.05, 4.69) is 4.98 Å². The standard InChI is InChI=1S/C11H12F3N3/c1-7(15)5-8-6-17-4-2-3-9(10(17)16-8)11(12,13)14/h2-4,6-7H,5,15H2,1H3. The van der Waals surface area contributed by atoms with E-state index in [1.54, 1.807) is 19.3 Å². The van der Waals surface area contributed by atoms with Crippen LogP contribution >= 0.6 is 0 Å². The molecule has 0 aliphatic heterocycles. The number of aromatic nitrogens is 2. The Labute approximate surface area is 96.1 Å². The van der Waals surface area contributed by atoms with Gasteiger partial charge in [-0.3, -0.25) is 0 Å². The highest BCUT2D eigenvalue weighted by Gasteiger charge is 2.33. The molecule has 2 N–H and O–H groups in total. The minimum absolute atomic E-state index is 0.0735. The van der Waals surface area contributed by atoms with E-state index >= 15 is 0 Å². The second-order valence-electron chi connectivity index (χ2n) is 4.06. The zero-order valence-electron chi connectivity index (χ0n) is 9.20. The van der Waals surface area contributed by atoms with Crippen LogP contribution < -0.4 is 5.73 Å². The van der Waals surface area contributed by atoms with Gasteiger partial charge in [0, 0.05) is 24.9 Å². The largest absolute Gasteiger partial charge is 0.419 e. The maximum absolute atomic E-state index is 12.7. The first kappa shape index (κ1) is 11.9. The van der Waals surface area contributed by atoms with Crippen LogP contribution in [0.1, 0.15) is 18.2 Å². The minimum atomic E-state index is -4.39. The number of halogens is 3. The zero-order chi connectivity index (χ0) is 12.6. The molecule has 92 valence electrons. The molecule has 0 amide bonds. The average Bonchev–Trinajstić information content (AvgIpc) is 2.55. The number of nitrogens with zero attached hydrogens (tertiary/aromatic N) is 2. The third-order valence-corrected chi connectivity index (χ3v) is 2.37. The number of pyridine rings is 1. The summed E-state index contributed by atoms with van der Waals surface area (Å²) < 4.78 is 39.5. The van der Waals surface area contributed by atoms with Crippen molar-refractivity contribution in [2.75, 3.05) is 0 Å². The summed E-state index contributed by atoms with van der Waals surface area (Å²) in [6.45, 7) is 1.79. The summed E-state index contributed by atoms with van der Waals surface area (Å²) in [5, 5.41) is 0. The van der Waals surface area contributed by atoms with Gasteiger partial charge in [-0.25, -0.2) is 4.98 Å². The number of fused-ring (bicyclic) bond motifs is 1. The molecule has 0 aromatic carbocycles. The second kappa shape index (κ2) is 4.03. The van der Waals surface area contributed by atoms with Gasteiger partial charge in [0.15, 0.2) is 0 Å². The van der Waals surface area contributed by atoms with Crippen molar-refractivity contribution >= 4 is 5.65 Å². The van der Waals surface area contributed by atoms with Gasteiger partial charge in [-0.2, -0.15) is 13.2 Å². The Morgan fingerprint density at radius 3 is 2.76 bits per heavy atom. The number of nitrogens with two attached hydrogens (primary N) is 1. The molecule has 2 aromatic heterocycles. The number of hydrogen-bond acceptors (Lipinski definition) is 2. The van der Waals surface area contributed by atoms with Crippen LogP contribution in [0.15, 0.2) is 24.5 Å². The molecule has 0 radical (unpaired) electrons. The first-order valence-electron chi connectivity index (χ1n) is 5.17. The highest BCUT2D eigenvalue weighted by atomic mass is 19.4. The summed E-state index contributed by atoms with van der Waals surface area (Å²) >= 11 is 0. The SMILES string of the molecule is CC(N)Cc1cn2cccc(C(F)(F)F)c2n1. The highest BCUT2D eigenvalue weighted by Crippen LogP contribution is 2.31. The van der Waals surface area contributed by atoms with Crippen LogP contribution in [-0.2, 0) is 12.6 Å². The topological polar surface area (TPSA) is 43.3 Å². The maximum Gasteiger partial charge on any atom is 0.419 e. The Kier molecular flexibility index (Phi) is 2.82. The molecule has 0 aliphatic carbocycles. The maximum atomic E-state index is 12.7. The Hall–Kier alpha value is -1.56. The molecule has 2 heterocycles. The Morgan fingerprint density at radius 2 is 2.18 bits per heavy atom. The monoisotopic (exact) mass is 243 g/mol. The van der Waals surface area contributed by atoms with E-state index in [0.717, 1.165) is 6.07 Å². The minimum Gasteiger partial charge on any atom is -0.328 e. The van der Waals surface area contributed by atoms with Crippen molar-refractivity contribution in [3.8, 4) is 0 Å². The first-order chi connectivity index (χ1) is 7.88. The fourth-order valence-electron chi connectivity index (χ4n) is 1.71. The molecule has 1 atom stereocenters. The summed E-state index contributed by atoms with van der Waals surface area (Å²) in [7, 11) is 0. The Balaban J connectivity index is 2.53. The van der Waals surface area contributed by atoms with Gasteiger partial charge >= 0.3 is 6.18 Å². The van der Waals surface area contributed by atoms with E-state index in [9.17, 15) is 13.2 Å². The van der Waals surface area contributed by atoms with Crippen molar-refractivity contribution in [1.82, 2.24) is 9.38 Å². The Bertz CT molecular complexity index is 528. The molecule has 0 saturated carbocycles. The number of alkyl halides is 3. The average molecular weight is 243 g/mol. The quantitative estimate of drug-likeness (QED) is 0.879. The number of imidazole rings is 1. The molecule has 17 heavy (non-hydrogen) atoms. The van der Waals surface area contributed by atoms with Gasteiger partial charge in [0.2, 0.25) is 0 Å². The third-order valence-electron chi connectivity index (χ3n) is 2.37. The first-order valence-corrected chi connectivity index (χ1v) is 5.17. The molecule has 0 spiro atoms. The summed E-state index contributed by atoms with van der Waals surface area (Å²) in [6, 6.07) is 2.25. The lowest BCUT2D eigenvalue weighted by Crippen LogP contribution is -2.17. The van der Waals surface area contributed by atoms with Crippen LogP contribution in [0, 0.1) is 0 Å².